The van der Waals surface area contributed by atoms with E-state index in [9.17, 15) is 9.59 Å². The monoisotopic (exact) mass is 300 g/mol. The molecule has 0 fully saturated rings. The average Bonchev–Trinajstić information content (AvgIpc) is 2.51. The fourth-order valence-corrected chi connectivity index (χ4v) is 2.24. The molecular formula is C18H24N2O2. The van der Waals surface area contributed by atoms with Crippen LogP contribution in [0.15, 0.2) is 24.3 Å². The van der Waals surface area contributed by atoms with Crippen LogP contribution in [0.25, 0.3) is 0 Å². The van der Waals surface area contributed by atoms with Gasteiger partial charge in [0.2, 0.25) is 11.8 Å². The molecule has 4 heteroatoms. The topological polar surface area (TPSA) is 72.2 Å². The molecule has 0 heterocycles. The Balaban J connectivity index is 2.49. The SMILES string of the molecule is CCCC(CCC)C(=O)NCC#Cc1ccc(C(N)=O)cc1. The minimum absolute atomic E-state index is 0.0853. The third-order valence-corrected chi connectivity index (χ3v) is 3.40. The molecule has 0 saturated carbocycles. The number of carbonyl (C=O) groups is 2. The minimum Gasteiger partial charge on any atom is -0.366 e. The van der Waals surface area contributed by atoms with Gasteiger partial charge in [-0.3, -0.25) is 9.59 Å². The molecule has 0 aliphatic rings. The van der Waals surface area contributed by atoms with Crippen molar-refractivity contribution in [1.82, 2.24) is 5.32 Å². The van der Waals surface area contributed by atoms with Crippen LogP contribution in [0, 0.1) is 17.8 Å². The van der Waals surface area contributed by atoms with E-state index < -0.39 is 5.91 Å². The Morgan fingerprint density at radius 1 is 1.14 bits per heavy atom. The van der Waals surface area contributed by atoms with Crippen molar-refractivity contribution in [2.24, 2.45) is 11.7 Å². The van der Waals surface area contributed by atoms with Gasteiger partial charge in [0, 0.05) is 17.0 Å². The Kier molecular flexibility index (Phi) is 7.77. The number of rotatable bonds is 7. The summed E-state index contributed by atoms with van der Waals surface area (Å²) in [5.41, 5.74) is 6.42. The summed E-state index contributed by atoms with van der Waals surface area (Å²) in [6.07, 6.45) is 3.86. The van der Waals surface area contributed by atoms with Gasteiger partial charge in [-0.05, 0) is 37.1 Å². The number of amides is 2. The molecule has 3 N–H and O–H groups in total. The first-order chi connectivity index (χ1) is 10.6. The van der Waals surface area contributed by atoms with Crippen LogP contribution in [-0.2, 0) is 4.79 Å². The van der Waals surface area contributed by atoms with E-state index in [0.29, 0.717) is 12.1 Å². The third kappa shape index (κ3) is 6.01. The molecule has 2 amide bonds. The Labute approximate surface area is 132 Å². The first kappa shape index (κ1) is 17.8. The zero-order chi connectivity index (χ0) is 16.4. The lowest BCUT2D eigenvalue weighted by molar-refractivity contribution is -0.125. The van der Waals surface area contributed by atoms with E-state index in [1.54, 1.807) is 24.3 Å². The van der Waals surface area contributed by atoms with E-state index in [1.165, 1.54) is 0 Å². The maximum atomic E-state index is 12.0. The van der Waals surface area contributed by atoms with Crippen LogP contribution < -0.4 is 11.1 Å². The molecular weight excluding hydrogens is 276 g/mol. The number of hydrogen-bond acceptors (Lipinski definition) is 2. The van der Waals surface area contributed by atoms with Crippen LogP contribution in [0.3, 0.4) is 0 Å². The number of benzene rings is 1. The van der Waals surface area contributed by atoms with Crippen molar-refractivity contribution in [3.63, 3.8) is 0 Å². The lowest BCUT2D eigenvalue weighted by Gasteiger charge is -2.13. The van der Waals surface area contributed by atoms with Gasteiger partial charge in [0.05, 0.1) is 6.54 Å². The molecule has 0 bridgehead atoms. The van der Waals surface area contributed by atoms with Crippen molar-refractivity contribution in [1.29, 1.82) is 0 Å². The zero-order valence-corrected chi connectivity index (χ0v) is 13.3. The van der Waals surface area contributed by atoms with E-state index in [1.807, 2.05) is 0 Å². The second-order valence-corrected chi connectivity index (χ2v) is 5.24. The van der Waals surface area contributed by atoms with Gasteiger partial charge in [0.25, 0.3) is 0 Å². The number of primary amides is 1. The molecule has 1 rings (SSSR count). The second-order valence-electron chi connectivity index (χ2n) is 5.24. The Hall–Kier alpha value is -2.28. The van der Waals surface area contributed by atoms with Crippen molar-refractivity contribution in [3.8, 4) is 11.8 Å². The van der Waals surface area contributed by atoms with Crippen LogP contribution in [0.5, 0.6) is 0 Å². The molecule has 0 unspecified atom stereocenters. The van der Waals surface area contributed by atoms with Gasteiger partial charge in [0.15, 0.2) is 0 Å². The van der Waals surface area contributed by atoms with Crippen molar-refractivity contribution in [2.75, 3.05) is 6.54 Å². The zero-order valence-electron chi connectivity index (χ0n) is 13.3. The molecule has 1 aromatic rings. The van der Waals surface area contributed by atoms with Crippen LogP contribution in [0.1, 0.15) is 55.5 Å². The normalized spacial score (nSPS) is 9.95. The fourth-order valence-electron chi connectivity index (χ4n) is 2.24. The van der Waals surface area contributed by atoms with Crippen LogP contribution in [-0.4, -0.2) is 18.4 Å². The molecule has 0 atom stereocenters. The molecule has 0 saturated heterocycles. The summed E-state index contributed by atoms with van der Waals surface area (Å²) in [4.78, 5) is 23.0. The van der Waals surface area contributed by atoms with Gasteiger partial charge in [0.1, 0.15) is 0 Å². The molecule has 0 aliphatic carbocycles. The van der Waals surface area contributed by atoms with Gasteiger partial charge in [-0.25, -0.2) is 0 Å². The van der Waals surface area contributed by atoms with E-state index in [4.69, 9.17) is 5.73 Å². The third-order valence-electron chi connectivity index (χ3n) is 3.40. The summed E-state index contributed by atoms with van der Waals surface area (Å²) < 4.78 is 0. The number of nitrogens with one attached hydrogen (secondary N) is 1. The highest BCUT2D eigenvalue weighted by atomic mass is 16.2. The first-order valence-corrected chi connectivity index (χ1v) is 7.74. The maximum Gasteiger partial charge on any atom is 0.248 e. The molecule has 0 aromatic heterocycles. The predicted molar refractivity (Wildman–Crippen MR) is 88.2 cm³/mol. The molecule has 118 valence electrons. The highest BCUT2D eigenvalue weighted by Gasteiger charge is 2.15. The van der Waals surface area contributed by atoms with Crippen molar-refractivity contribution in [2.45, 2.75) is 39.5 Å². The van der Waals surface area contributed by atoms with Crippen LogP contribution >= 0.6 is 0 Å². The van der Waals surface area contributed by atoms with E-state index >= 15 is 0 Å². The van der Waals surface area contributed by atoms with Gasteiger partial charge in [-0.15, -0.1) is 0 Å². The van der Waals surface area contributed by atoms with Gasteiger partial charge in [-0.2, -0.15) is 0 Å². The smallest absolute Gasteiger partial charge is 0.248 e. The number of nitrogens with two attached hydrogens (primary N) is 1. The van der Waals surface area contributed by atoms with Crippen molar-refractivity contribution in [3.05, 3.63) is 35.4 Å². The summed E-state index contributed by atoms with van der Waals surface area (Å²) in [5.74, 6) is 5.60. The molecule has 0 aliphatic heterocycles. The first-order valence-electron chi connectivity index (χ1n) is 7.74. The summed E-state index contributed by atoms with van der Waals surface area (Å²) in [7, 11) is 0. The van der Waals surface area contributed by atoms with Crippen LogP contribution in [0.2, 0.25) is 0 Å². The van der Waals surface area contributed by atoms with E-state index in [2.05, 4.69) is 31.0 Å². The Morgan fingerprint density at radius 3 is 2.23 bits per heavy atom. The molecule has 0 radical (unpaired) electrons. The quantitative estimate of drug-likeness (QED) is 0.759. The van der Waals surface area contributed by atoms with Crippen LogP contribution in [0.4, 0.5) is 0 Å². The summed E-state index contributed by atoms with van der Waals surface area (Å²) in [6.45, 7) is 4.51. The van der Waals surface area contributed by atoms with Gasteiger partial charge in [-0.1, -0.05) is 38.5 Å². The van der Waals surface area contributed by atoms with E-state index in [0.717, 1.165) is 31.2 Å². The highest BCUT2D eigenvalue weighted by Crippen LogP contribution is 2.13. The molecule has 0 spiro atoms. The second kappa shape index (κ2) is 9.62. The molecule has 22 heavy (non-hydrogen) atoms. The lowest BCUT2D eigenvalue weighted by atomic mass is 9.97. The summed E-state index contributed by atoms with van der Waals surface area (Å²) >= 11 is 0. The fraction of sp³-hybridized carbons (Fsp3) is 0.444. The molecule has 1 aromatic carbocycles. The summed E-state index contributed by atoms with van der Waals surface area (Å²) in [6, 6.07) is 6.77. The van der Waals surface area contributed by atoms with Crippen molar-refractivity contribution >= 4 is 11.8 Å². The maximum absolute atomic E-state index is 12.0. The Bertz CT molecular complexity index is 547. The molecule has 4 nitrogen and oxygen atoms in total. The Morgan fingerprint density at radius 2 is 1.73 bits per heavy atom. The van der Waals surface area contributed by atoms with E-state index in [-0.39, 0.29) is 11.8 Å². The largest absolute Gasteiger partial charge is 0.366 e. The number of hydrogen-bond donors (Lipinski definition) is 2. The highest BCUT2D eigenvalue weighted by molar-refractivity contribution is 5.92. The van der Waals surface area contributed by atoms with Gasteiger partial charge < -0.3 is 11.1 Å². The summed E-state index contributed by atoms with van der Waals surface area (Å²) in [5, 5.41) is 2.87. The standard InChI is InChI=1S/C18H24N2O2/c1-3-6-16(7-4-2)18(22)20-13-5-8-14-9-11-15(12-10-14)17(19)21/h9-12,16H,3-4,6-7,13H2,1-2H3,(H2,19,21)(H,20,22). The lowest BCUT2D eigenvalue weighted by Crippen LogP contribution is -2.30. The average molecular weight is 300 g/mol. The predicted octanol–water partition coefficient (Wildman–Crippen LogP) is 2.47. The van der Waals surface area contributed by atoms with Gasteiger partial charge >= 0.3 is 0 Å². The van der Waals surface area contributed by atoms with Crippen molar-refractivity contribution < 1.29 is 9.59 Å². The number of carbonyl (C=O) groups excluding carboxylic acids is 2. The minimum atomic E-state index is -0.454.